The van der Waals surface area contributed by atoms with Crippen LogP contribution >= 0.6 is 0 Å². The molecule has 0 aliphatic rings. The van der Waals surface area contributed by atoms with E-state index >= 15 is 0 Å². The summed E-state index contributed by atoms with van der Waals surface area (Å²) < 4.78 is 13.0. The lowest BCUT2D eigenvalue weighted by molar-refractivity contribution is 0.617. The van der Waals surface area contributed by atoms with Crippen molar-refractivity contribution in [3.63, 3.8) is 0 Å². The van der Waals surface area contributed by atoms with Crippen LogP contribution < -0.4 is 5.73 Å². The highest BCUT2D eigenvalue weighted by Crippen LogP contribution is 2.24. The van der Waals surface area contributed by atoms with Gasteiger partial charge >= 0.3 is 0 Å². The molecule has 0 saturated heterocycles. The van der Waals surface area contributed by atoms with E-state index in [4.69, 9.17) is 11.0 Å². The summed E-state index contributed by atoms with van der Waals surface area (Å²) in [4.78, 5) is 0. The van der Waals surface area contributed by atoms with Crippen molar-refractivity contribution in [2.45, 2.75) is 19.3 Å². The van der Waals surface area contributed by atoms with Gasteiger partial charge in [0.1, 0.15) is 5.82 Å². The summed E-state index contributed by atoms with van der Waals surface area (Å²) in [6.45, 7) is 3.47. The second kappa shape index (κ2) is 3.06. The molecule has 3 heteroatoms. The minimum absolute atomic E-state index is 0.109. The van der Waals surface area contributed by atoms with Gasteiger partial charge in [0, 0.05) is 0 Å². The summed E-state index contributed by atoms with van der Waals surface area (Å²) in [5, 5.41) is 8.80. The normalized spacial score (nSPS) is 10.9. The number of benzene rings is 1. The lowest BCUT2D eigenvalue weighted by Crippen LogP contribution is -2.14. The number of hydrogen-bond donors (Lipinski definition) is 1. The smallest absolute Gasteiger partial charge is 0.146 e. The molecular formula is C10H11FN2. The van der Waals surface area contributed by atoms with Crippen LogP contribution in [0.2, 0.25) is 0 Å². The quantitative estimate of drug-likeness (QED) is 0.670. The molecule has 0 aromatic heterocycles. The molecule has 0 radical (unpaired) electrons. The molecule has 0 unspecified atom stereocenters. The fraction of sp³-hybridized carbons (Fsp3) is 0.300. The number of nitrogens with two attached hydrogens (primary N) is 1. The van der Waals surface area contributed by atoms with Crippen molar-refractivity contribution in [1.29, 1.82) is 5.26 Å². The third-order valence-corrected chi connectivity index (χ3v) is 2.00. The number of nitrogens with zero attached hydrogens (tertiary/aromatic N) is 1. The summed E-state index contributed by atoms with van der Waals surface area (Å²) in [6.07, 6.45) is 0. The minimum atomic E-state index is -0.672. The van der Waals surface area contributed by atoms with E-state index in [2.05, 4.69) is 6.07 Å². The highest BCUT2D eigenvalue weighted by atomic mass is 19.1. The fourth-order valence-corrected chi connectivity index (χ4v) is 0.980. The van der Waals surface area contributed by atoms with Gasteiger partial charge < -0.3 is 5.73 Å². The molecule has 13 heavy (non-hydrogen) atoms. The fourth-order valence-electron chi connectivity index (χ4n) is 0.980. The van der Waals surface area contributed by atoms with Gasteiger partial charge in [0.05, 0.1) is 17.2 Å². The Kier molecular flexibility index (Phi) is 2.24. The van der Waals surface area contributed by atoms with E-state index in [1.165, 1.54) is 12.1 Å². The van der Waals surface area contributed by atoms with Crippen molar-refractivity contribution in [2.24, 2.45) is 0 Å². The maximum absolute atomic E-state index is 13.0. The van der Waals surface area contributed by atoms with E-state index in [0.29, 0.717) is 5.56 Å². The Bertz CT molecular complexity index is 364. The zero-order chi connectivity index (χ0) is 10.1. The average molecular weight is 178 g/mol. The molecule has 1 aromatic carbocycles. The van der Waals surface area contributed by atoms with Gasteiger partial charge in [0.15, 0.2) is 0 Å². The van der Waals surface area contributed by atoms with E-state index in [1.807, 2.05) is 0 Å². The van der Waals surface area contributed by atoms with Crippen LogP contribution in [0.3, 0.4) is 0 Å². The molecule has 68 valence electrons. The molecule has 0 aliphatic carbocycles. The maximum Gasteiger partial charge on any atom is 0.146 e. The first-order valence-corrected chi connectivity index (χ1v) is 3.94. The van der Waals surface area contributed by atoms with Crippen molar-refractivity contribution >= 4 is 5.69 Å². The highest BCUT2D eigenvalue weighted by Gasteiger charge is 2.20. The summed E-state index contributed by atoms with van der Waals surface area (Å²) >= 11 is 0. The van der Waals surface area contributed by atoms with Gasteiger partial charge in [-0.25, -0.2) is 4.39 Å². The Morgan fingerprint density at radius 3 is 2.54 bits per heavy atom. The molecule has 0 bridgehead atoms. The lowest BCUT2D eigenvalue weighted by atomic mass is 9.86. The van der Waals surface area contributed by atoms with Gasteiger partial charge in [-0.1, -0.05) is 6.07 Å². The summed E-state index contributed by atoms with van der Waals surface area (Å²) in [6, 6.07) is 6.55. The monoisotopic (exact) mass is 178 g/mol. The van der Waals surface area contributed by atoms with E-state index in [0.717, 1.165) is 0 Å². The standard InChI is InChI=1S/C10H11FN2/c1-10(2,6-12)7-3-4-9(13)8(11)5-7/h3-5H,13H2,1-2H3. The third-order valence-electron chi connectivity index (χ3n) is 2.00. The molecule has 2 N–H and O–H groups in total. The van der Waals surface area contributed by atoms with Crippen molar-refractivity contribution in [3.05, 3.63) is 29.6 Å². The molecule has 0 atom stereocenters. The van der Waals surface area contributed by atoms with Crippen LogP contribution in [0, 0.1) is 17.1 Å². The largest absolute Gasteiger partial charge is 0.396 e. The van der Waals surface area contributed by atoms with Crippen LogP contribution in [0.15, 0.2) is 18.2 Å². The van der Waals surface area contributed by atoms with Crippen molar-refractivity contribution in [1.82, 2.24) is 0 Å². The molecule has 0 fully saturated rings. The molecule has 2 nitrogen and oxygen atoms in total. The van der Waals surface area contributed by atoms with Gasteiger partial charge in [-0.15, -0.1) is 0 Å². The van der Waals surface area contributed by atoms with E-state index in [1.54, 1.807) is 19.9 Å². The second-order valence-electron chi connectivity index (χ2n) is 3.47. The zero-order valence-electron chi connectivity index (χ0n) is 7.63. The van der Waals surface area contributed by atoms with Crippen LogP contribution in [0.4, 0.5) is 10.1 Å². The number of nitrogen functional groups attached to an aromatic ring is 1. The Morgan fingerprint density at radius 1 is 1.46 bits per heavy atom. The Labute approximate surface area is 76.8 Å². The lowest BCUT2D eigenvalue weighted by Gasteiger charge is -2.15. The SMILES string of the molecule is CC(C)(C#N)c1ccc(N)c(F)c1. The highest BCUT2D eigenvalue weighted by molar-refractivity contribution is 5.44. The number of hydrogen-bond acceptors (Lipinski definition) is 2. The topological polar surface area (TPSA) is 49.8 Å². The predicted molar refractivity (Wildman–Crippen MR) is 49.5 cm³/mol. The maximum atomic E-state index is 13.0. The van der Waals surface area contributed by atoms with Crippen LogP contribution in [-0.4, -0.2) is 0 Å². The molecule has 0 amide bonds. The number of rotatable bonds is 1. The Hall–Kier alpha value is -1.56. The minimum Gasteiger partial charge on any atom is -0.396 e. The Balaban J connectivity index is 3.20. The Morgan fingerprint density at radius 2 is 2.08 bits per heavy atom. The summed E-state index contributed by atoms with van der Waals surface area (Å²) in [7, 11) is 0. The zero-order valence-corrected chi connectivity index (χ0v) is 7.63. The van der Waals surface area contributed by atoms with E-state index in [-0.39, 0.29) is 5.69 Å². The van der Waals surface area contributed by atoms with Crippen molar-refractivity contribution < 1.29 is 4.39 Å². The molecule has 1 aromatic rings. The molecule has 0 heterocycles. The van der Waals surface area contributed by atoms with Gasteiger partial charge in [-0.3, -0.25) is 0 Å². The number of halogens is 1. The van der Waals surface area contributed by atoms with E-state index in [9.17, 15) is 4.39 Å². The first-order valence-electron chi connectivity index (χ1n) is 3.94. The molecule has 1 rings (SSSR count). The molecule has 0 saturated carbocycles. The molecule has 0 spiro atoms. The van der Waals surface area contributed by atoms with Gasteiger partial charge in [-0.2, -0.15) is 5.26 Å². The van der Waals surface area contributed by atoms with Crippen molar-refractivity contribution in [2.75, 3.05) is 5.73 Å². The van der Waals surface area contributed by atoms with E-state index < -0.39 is 11.2 Å². The van der Waals surface area contributed by atoms with Gasteiger partial charge in [0.2, 0.25) is 0 Å². The second-order valence-corrected chi connectivity index (χ2v) is 3.47. The first kappa shape index (κ1) is 9.53. The predicted octanol–water partition coefficient (Wildman–Crippen LogP) is 2.21. The first-order chi connectivity index (χ1) is 5.97. The molecular weight excluding hydrogens is 167 g/mol. The van der Waals surface area contributed by atoms with Crippen LogP contribution in [0.5, 0.6) is 0 Å². The summed E-state index contributed by atoms with van der Waals surface area (Å²) in [5.41, 5.74) is 5.39. The number of nitriles is 1. The molecule has 0 aliphatic heterocycles. The number of anilines is 1. The van der Waals surface area contributed by atoms with Crippen LogP contribution in [0.1, 0.15) is 19.4 Å². The third kappa shape index (κ3) is 1.78. The van der Waals surface area contributed by atoms with Gasteiger partial charge in [-0.05, 0) is 31.5 Å². The van der Waals surface area contributed by atoms with Crippen molar-refractivity contribution in [3.8, 4) is 6.07 Å². The summed E-state index contributed by atoms with van der Waals surface area (Å²) in [5.74, 6) is -0.471. The van der Waals surface area contributed by atoms with Gasteiger partial charge in [0.25, 0.3) is 0 Å². The van der Waals surface area contributed by atoms with Crippen LogP contribution in [-0.2, 0) is 5.41 Å². The van der Waals surface area contributed by atoms with Crippen LogP contribution in [0.25, 0.3) is 0 Å². The average Bonchev–Trinajstić information content (AvgIpc) is 2.09.